The van der Waals surface area contributed by atoms with Crippen LogP contribution in [0.5, 0.6) is 17.2 Å². The minimum absolute atomic E-state index is 0.273. The maximum atomic E-state index is 12.0. The molecule has 2 aromatic carbocycles. The summed E-state index contributed by atoms with van der Waals surface area (Å²) < 4.78 is 16.1. The highest BCUT2D eigenvalue weighted by atomic mass is 16.6. The van der Waals surface area contributed by atoms with Crippen LogP contribution in [0.15, 0.2) is 42.5 Å². The Morgan fingerprint density at radius 2 is 1.78 bits per heavy atom. The topological polar surface area (TPSA) is 44.8 Å². The summed E-state index contributed by atoms with van der Waals surface area (Å²) in [7, 11) is 1.63. The van der Waals surface area contributed by atoms with Crippen molar-refractivity contribution >= 4 is 5.97 Å². The Bertz CT molecular complexity index is 647. The first-order valence-electron chi connectivity index (χ1n) is 7.69. The van der Waals surface area contributed by atoms with Gasteiger partial charge < -0.3 is 14.2 Å². The standard InChI is InChI=1S/C19H22O4/c1-4-22-18-13-14(2)5-11-17(18)23-19(20)12-8-15-6-9-16(21-3)10-7-15/h5-7,9-11,13H,4,8,12H2,1-3H3. The van der Waals surface area contributed by atoms with Gasteiger partial charge in [0.2, 0.25) is 0 Å². The van der Waals surface area contributed by atoms with Gasteiger partial charge >= 0.3 is 5.97 Å². The predicted molar refractivity (Wildman–Crippen MR) is 89.3 cm³/mol. The zero-order valence-electron chi connectivity index (χ0n) is 13.8. The number of ether oxygens (including phenoxy) is 3. The first-order valence-corrected chi connectivity index (χ1v) is 7.69. The van der Waals surface area contributed by atoms with Gasteiger partial charge in [-0.3, -0.25) is 4.79 Å². The Morgan fingerprint density at radius 3 is 2.43 bits per heavy atom. The second kappa shape index (κ2) is 8.22. The number of rotatable bonds is 7. The van der Waals surface area contributed by atoms with E-state index in [2.05, 4.69) is 0 Å². The van der Waals surface area contributed by atoms with Gasteiger partial charge in [-0.25, -0.2) is 0 Å². The maximum Gasteiger partial charge on any atom is 0.311 e. The molecule has 0 aliphatic carbocycles. The molecule has 2 rings (SSSR count). The molecule has 0 N–H and O–H groups in total. The summed E-state index contributed by atoms with van der Waals surface area (Å²) in [6.07, 6.45) is 0.935. The molecule has 122 valence electrons. The normalized spacial score (nSPS) is 10.2. The summed E-state index contributed by atoms with van der Waals surface area (Å²) in [6.45, 7) is 4.40. The van der Waals surface area contributed by atoms with E-state index in [1.165, 1.54) is 0 Å². The number of hydrogen-bond acceptors (Lipinski definition) is 4. The van der Waals surface area contributed by atoms with Crippen LogP contribution in [0, 0.1) is 6.92 Å². The highest BCUT2D eigenvalue weighted by Gasteiger charge is 2.11. The average molecular weight is 314 g/mol. The first-order chi connectivity index (χ1) is 11.1. The molecule has 0 spiro atoms. The third-order valence-electron chi connectivity index (χ3n) is 3.40. The van der Waals surface area contributed by atoms with Crippen LogP contribution in [0.25, 0.3) is 0 Å². The van der Waals surface area contributed by atoms with E-state index in [-0.39, 0.29) is 5.97 Å². The van der Waals surface area contributed by atoms with Crippen LogP contribution >= 0.6 is 0 Å². The van der Waals surface area contributed by atoms with E-state index < -0.39 is 0 Å². The molecule has 0 aromatic heterocycles. The third kappa shape index (κ3) is 5.02. The minimum atomic E-state index is -0.273. The van der Waals surface area contributed by atoms with Crippen LogP contribution in [-0.2, 0) is 11.2 Å². The molecule has 0 amide bonds. The van der Waals surface area contributed by atoms with Crippen molar-refractivity contribution in [3.05, 3.63) is 53.6 Å². The lowest BCUT2D eigenvalue weighted by Gasteiger charge is -2.11. The molecular formula is C19H22O4. The molecule has 0 atom stereocenters. The summed E-state index contributed by atoms with van der Waals surface area (Å²) in [4.78, 5) is 12.0. The maximum absolute atomic E-state index is 12.0. The van der Waals surface area contributed by atoms with Crippen molar-refractivity contribution in [2.75, 3.05) is 13.7 Å². The van der Waals surface area contributed by atoms with Crippen molar-refractivity contribution in [2.45, 2.75) is 26.7 Å². The molecule has 0 aliphatic rings. The van der Waals surface area contributed by atoms with Crippen molar-refractivity contribution in [1.29, 1.82) is 0 Å². The van der Waals surface area contributed by atoms with E-state index in [1.807, 2.05) is 50.2 Å². The number of hydrogen-bond donors (Lipinski definition) is 0. The Kier molecular flexibility index (Phi) is 6.03. The van der Waals surface area contributed by atoms with E-state index in [9.17, 15) is 4.79 Å². The molecule has 0 saturated carbocycles. The van der Waals surface area contributed by atoms with Crippen molar-refractivity contribution < 1.29 is 19.0 Å². The smallest absolute Gasteiger partial charge is 0.311 e. The Morgan fingerprint density at radius 1 is 1.04 bits per heavy atom. The van der Waals surface area contributed by atoms with Crippen molar-refractivity contribution in [2.24, 2.45) is 0 Å². The molecule has 4 heteroatoms. The lowest BCUT2D eigenvalue weighted by Crippen LogP contribution is -2.10. The lowest BCUT2D eigenvalue weighted by atomic mass is 10.1. The molecule has 4 nitrogen and oxygen atoms in total. The number of methoxy groups -OCH3 is 1. The molecule has 0 heterocycles. The number of benzene rings is 2. The van der Waals surface area contributed by atoms with Gasteiger partial charge in [-0.1, -0.05) is 18.2 Å². The molecular weight excluding hydrogens is 292 g/mol. The second-order valence-electron chi connectivity index (χ2n) is 5.21. The number of esters is 1. The highest BCUT2D eigenvalue weighted by Crippen LogP contribution is 2.28. The van der Waals surface area contributed by atoms with E-state index >= 15 is 0 Å². The zero-order valence-corrected chi connectivity index (χ0v) is 13.8. The molecule has 0 fully saturated rings. The molecule has 0 bridgehead atoms. The predicted octanol–water partition coefficient (Wildman–Crippen LogP) is 3.94. The molecule has 0 aliphatic heterocycles. The lowest BCUT2D eigenvalue weighted by molar-refractivity contribution is -0.134. The molecule has 0 saturated heterocycles. The second-order valence-corrected chi connectivity index (χ2v) is 5.21. The number of aryl methyl sites for hydroxylation is 2. The van der Waals surface area contributed by atoms with Gasteiger partial charge in [0.1, 0.15) is 5.75 Å². The monoisotopic (exact) mass is 314 g/mol. The van der Waals surface area contributed by atoms with Gasteiger partial charge in [0.05, 0.1) is 13.7 Å². The summed E-state index contributed by atoms with van der Waals surface area (Å²) in [5.74, 6) is 1.60. The largest absolute Gasteiger partial charge is 0.497 e. The minimum Gasteiger partial charge on any atom is -0.497 e. The van der Waals surface area contributed by atoms with E-state index in [4.69, 9.17) is 14.2 Å². The van der Waals surface area contributed by atoms with Crippen LogP contribution in [-0.4, -0.2) is 19.7 Å². The van der Waals surface area contributed by atoms with Crippen LogP contribution in [0.2, 0.25) is 0 Å². The molecule has 0 unspecified atom stereocenters. The SMILES string of the molecule is CCOc1cc(C)ccc1OC(=O)CCc1ccc(OC)cc1. The van der Waals surface area contributed by atoms with Gasteiger partial charge in [-0.2, -0.15) is 0 Å². The van der Waals surface area contributed by atoms with Gasteiger partial charge in [-0.05, 0) is 55.7 Å². The van der Waals surface area contributed by atoms with Gasteiger partial charge in [0.15, 0.2) is 11.5 Å². The zero-order chi connectivity index (χ0) is 16.7. The van der Waals surface area contributed by atoms with Crippen LogP contribution < -0.4 is 14.2 Å². The average Bonchev–Trinajstić information content (AvgIpc) is 2.56. The van der Waals surface area contributed by atoms with Crippen LogP contribution in [0.3, 0.4) is 0 Å². The third-order valence-corrected chi connectivity index (χ3v) is 3.40. The Balaban J connectivity index is 1.93. The van der Waals surface area contributed by atoms with Gasteiger partial charge in [-0.15, -0.1) is 0 Å². The summed E-state index contributed by atoms with van der Waals surface area (Å²) in [6, 6.07) is 13.2. The van der Waals surface area contributed by atoms with Gasteiger partial charge in [0, 0.05) is 6.42 Å². The molecule has 0 radical (unpaired) electrons. The van der Waals surface area contributed by atoms with Crippen molar-refractivity contribution in [3.63, 3.8) is 0 Å². The van der Waals surface area contributed by atoms with Crippen molar-refractivity contribution in [1.82, 2.24) is 0 Å². The Labute approximate surface area is 137 Å². The number of carbonyl (C=O) groups excluding carboxylic acids is 1. The fourth-order valence-electron chi connectivity index (χ4n) is 2.18. The highest BCUT2D eigenvalue weighted by molar-refractivity contribution is 5.73. The molecule has 23 heavy (non-hydrogen) atoms. The summed E-state index contributed by atoms with van der Waals surface area (Å²) in [5, 5.41) is 0. The Hall–Kier alpha value is -2.49. The fraction of sp³-hybridized carbons (Fsp3) is 0.316. The van der Waals surface area contributed by atoms with E-state index in [0.29, 0.717) is 30.9 Å². The first kappa shape index (κ1) is 16.9. The fourth-order valence-corrected chi connectivity index (χ4v) is 2.18. The van der Waals surface area contributed by atoms with Crippen LogP contribution in [0.4, 0.5) is 0 Å². The summed E-state index contributed by atoms with van der Waals surface area (Å²) in [5.41, 5.74) is 2.13. The molecule has 2 aromatic rings. The quantitative estimate of drug-likeness (QED) is 0.573. The summed E-state index contributed by atoms with van der Waals surface area (Å²) >= 11 is 0. The van der Waals surface area contributed by atoms with E-state index in [0.717, 1.165) is 16.9 Å². The van der Waals surface area contributed by atoms with Crippen molar-refractivity contribution in [3.8, 4) is 17.2 Å². The van der Waals surface area contributed by atoms with Gasteiger partial charge in [0.25, 0.3) is 0 Å². The number of carbonyl (C=O) groups is 1. The van der Waals surface area contributed by atoms with E-state index in [1.54, 1.807) is 13.2 Å². The van der Waals surface area contributed by atoms with Crippen LogP contribution in [0.1, 0.15) is 24.5 Å².